The van der Waals surface area contributed by atoms with Gasteiger partial charge in [0.05, 0.1) is 14.8 Å². The fraction of sp³-hybridized carbons (Fsp3) is 0.250. The zero-order valence-corrected chi connectivity index (χ0v) is 14.9. The molecule has 0 bridgehead atoms. The number of benzene rings is 1. The number of amides is 2. The van der Waals surface area contributed by atoms with Gasteiger partial charge in [0.15, 0.2) is 0 Å². The molecule has 1 saturated carbocycles. The van der Waals surface area contributed by atoms with Gasteiger partial charge in [-0.05, 0) is 43.2 Å². The molecule has 2 aromatic rings. The Morgan fingerprint density at radius 3 is 2.50 bits per heavy atom. The summed E-state index contributed by atoms with van der Waals surface area (Å²) in [7, 11) is -4.74. The van der Waals surface area contributed by atoms with E-state index in [0.717, 1.165) is 36.3 Å². The fourth-order valence-electron chi connectivity index (χ4n) is 2.14. The van der Waals surface area contributed by atoms with Crippen LogP contribution in [0.2, 0.25) is 0 Å². The van der Waals surface area contributed by atoms with Crippen LogP contribution in [0.25, 0.3) is 0 Å². The normalized spacial score (nSPS) is 14.3. The van der Waals surface area contributed by atoms with E-state index in [0.29, 0.717) is 9.88 Å². The Morgan fingerprint density at radius 1 is 1.12 bits per heavy atom. The van der Waals surface area contributed by atoms with Gasteiger partial charge in [0.2, 0.25) is 15.7 Å². The molecule has 26 heavy (non-hydrogen) atoms. The Hall–Kier alpha value is -2.33. The lowest BCUT2D eigenvalue weighted by molar-refractivity contribution is -0.117. The summed E-state index contributed by atoms with van der Waals surface area (Å²) in [5.74, 6) is -4.12. The minimum absolute atomic E-state index is 0.0360. The number of hydrogen-bond donors (Lipinski definition) is 2. The van der Waals surface area contributed by atoms with E-state index in [1.807, 2.05) is 0 Å². The van der Waals surface area contributed by atoms with Crippen LogP contribution in [0, 0.1) is 5.92 Å². The highest BCUT2D eigenvalue weighted by atomic mass is 32.2. The summed E-state index contributed by atoms with van der Waals surface area (Å²) < 4.78 is 48.2. The molecular weight excluding hydrogens is 386 g/mol. The van der Waals surface area contributed by atoms with Crippen LogP contribution < -0.4 is 10.6 Å². The first-order valence-corrected chi connectivity index (χ1v) is 9.98. The molecule has 1 aliphatic carbocycles. The number of sulfone groups is 1. The van der Waals surface area contributed by atoms with Crippen LogP contribution in [0.1, 0.15) is 22.5 Å². The maximum atomic E-state index is 12.6. The summed E-state index contributed by atoms with van der Waals surface area (Å²) in [6.07, 6.45) is 1.73. The van der Waals surface area contributed by atoms with Crippen molar-refractivity contribution in [2.24, 2.45) is 5.92 Å². The first-order chi connectivity index (χ1) is 12.3. The molecule has 0 aliphatic heterocycles. The number of rotatable bonds is 6. The third kappa shape index (κ3) is 4.07. The van der Waals surface area contributed by atoms with Crippen molar-refractivity contribution in [2.75, 3.05) is 10.6 Å². The van der Waals surface area contributed by atoms with E-state index in [1.165, 1.54) is 18.2 Å². The highest BCUT2D eigenvalue weighted by molar-refractivity contribution is 7.91. The maximum absolute atomic E-state index is 12.6. The Kier molecular flexibility index (Phi) is 5.05. The Labute approximate surface area is 152 Å². The molecule has 138 valence electrons. The van der Waals surface area contributed by atoms with Gasteiger partial charge in [-0.2, -0.15) is 8.78 Å². The van der Waals surface area contributed by atoms with Gasteiger partial charge in [-0.1, -0.05) is 6.07 Å². The third-order valence-corrected chi connectivity index (χ3v) is 6.06. The summed E-state index contributed by atoms with van der Waals surface area (Å²) in [5, 5.41) is 5.71. The number of thiophene rings is 1. The van der Waals surface area contributed by atoms with Gasteiger partial charge in [-0.3, -0.25) is 9.59 Å². The molecule has 1 aromatic heterocycles. The second kappa shape index (κ2) is 7.12. The molecule has 10 heteroatoms. The molecule has 2 N–H and O–H groups in total. The average molecular weight is 400 g/mol. The average Bonchev–Trinajstić information content (AvgIpc) is 3.35. The minimum Gasteiger partial charge on any atom is -0.321 e. The monoisotopic (exact) mass is 400 g/mol. The van der Waals surface area contributed by atoms with Crippen LogP contribution in [0.3, 0.4) is 0 Å². The predicted octanol–water partition coefficient (Wildman–Crippen LogP) is 3.35. The zero-order valence-electron chi connectivity index (χ0n) is 13.2. The lowest BCUT2D eigenvalue weighted by Gasteiger charge is -2.07. The highest BCUT2D eigenvalue weighted by Crippen LogP contribution is 2.32. The van der Waals surface area contributed by atoms with Gasteiger partial charge in [0.25, 0.3) is 5.91 Å². The Morgan fingerprint density at radius 2 is 1.85 bits per heavy atom. The van der Waals surface area contributed by atoms with Gasteiger partial charge in [0, 0.05) is 11.6 Å². The molecule has 6 nitrogen and oxygen atoms in total. The van der Waals surface area contributed by atoms with Crippen LogP contribution in [-0.2, 0) is 14.6 Å². The summed E-state index contributed by atoms with van der Waals surface area (Å²) in [5.41, 5.74) is 0.0775. The molecule has 2 amide bonds. The van der Waals surface area contributed by atoms with Crippen LogP contribution in [-0.4, -0.2) is 26.0 Å². The van der Waals surface area contributed by atoms with E-state index < -0.39 is 26.4 Å². The summed E-state index contributed by atoms with van der Waals surface area (Å²) in [6, 6.07) is 7.78. The number of nitrogens with one attached hydrogen (secondary N) is 2. The number of halogens is 2. The minimum atomic E-state index is -4.74. The summed E-state index contributed by atoms with van der Waals surface area (Å²) in [4.78, 5) is 23.7. The van der Waals surface area contributed by atoms with Crippen molar-refractivity contribution in [1.29, 1.82) is 0 Å². The van der Waals surface area contributed by atoms with Crippen molar-refractivity contribution >= 4 is 43.7 Å². The third-order valence-electron chi connectivity index (χ3n) is 3.68. The number of hydrogen-bond acceptors (Lipinski definition) is 5. The highest BCUT2D eigenvalue weighted by Gasteiger charge is 2.30. The zero-order chi connectivity index (χ0) is 18.9. The summed E-state index contributed by atoms with van der Waals surface area (Å²) >= 11 is 1.07. The van der Waals surface area contributed by atoms with Gasteiger partial charge < -0.3 is 10.6 Å². The molecule has 3 rings (SSSR count). The van der Waals surface area contributed by atoms with Crippen LogP contribution in [0.5, 0.6) is 0 Å². The topological polar surface area (TPSA) is 92.3 Å². The molecular formula is C16H14F2N2O4S2. The van der Waals surface area contributed by atoms with Gasteiger partial charge in [-0.25, -0.2) is 8.42 Å². The van der Waals surface area contributed by atoms with Crippen molar-refractivity contribution < 1.29 is 26.8 Å². The Balaban J connectivity index is 1.70. The van der Waals surface area contributed by atoms with E-state index in [9.17, 15) is 26.8 Å². The number of carbonyl (C=O) groups is 2. The molecule has 1 heterocycles. The predicted molar refractivity (Wildman–Crippen MR) is 93.3 cm³/mol. The second-order valence-electron chi connectivity index (χ2n) is 5.72. The van der Waals surface area contributed by atoms with Crippen molar-refractivity contribution in [3.8, 4) is 0 Å². The largest absolute Gasteiger partial charge is 0.341 e. The molecule has 0 spiro atoms. The molecule has 1 aliphatic rings. The smallest absolute Gasteiger partial charge is 0.321 e. The Bertz CT molecular complexity index is 953. The van der Waals surface area contributed by atoms with Crippen LogP contribution in [0.15, 0.2) is 41.3 Å². The van der Waals surface area contributed by atoms with Gasteiger partial charge >= 0.3 is 5.76 Å². The standard InChI is InChI=1S/C16H14F2N2O4S2/c17-16(18)26(23,24)11-3-1-2-10(8-11)19-15(22)12-6-7-13(25-12)20-14(21)9-4-5-9/h1-3,6-9,16H,4-5H2,(H,19,22)(H,20,21). The molecule has 0 unspecified atom stereocenters. The SMILES string of the molecule is O=C(Nc1cccc(S(=O)(=O)C(F)F)c1)c1ccc(NC(=O)C2CC2)s1. The lowest BCUT2D eigenvalue weighted by Crippen LogP contribution is -2.13. The molecule has 0 atom stereocenters. The van der Waals surface area contributed by atoms with Crippen molar-refractivity contribution in [3.63, 3.8) is 0 Å². The van der Waals surface area contributed by atoms with E-state index in [1.54, 1.807) is 6.07 Å². The number of anilines is 2. The van der Waals surface area contributed by atoms with Gasteiger partial charge in [0.1, 0.15) is 0 Å². The number of alkyl halides is 2. The van der Waals surface area contributed by atoms with E-state index >= 15 is 0 Å². The first-order valence-electron chi connectivity index (χ1n) is 7.61. The van der Waals surface area contributed by atoms with Crippen molar-refractivity contribution in [3.05, 3.63) is 41.3 Å². The maximum Gasteiger partial charge on any atom is 0.341 e. The van der Waals surface area contributed by atoms with E-state index in [2.05, 4.69) is 10.6 Å². The van der Waals surface area contributed by atoms with Crippen LogP contribution in [0.4, 0.5) is 19.5 Å². The summed E-state index contributed by atoms with van der Waals surface area (Å²) in [6.45, 7) is 0. The number of carbonyl (C=O) groups excluding carboxylic acids is 2. The lowest BCUT2D eigenvalue weighted by atomic mass is 10.3. The second-order valence-corrected chi connectivity index (χ2v) is 8.72. The van der Waals surface area contributed by atoms with Crippen LogP contribution >= 0.6 is 11.3 Å². The molecule has 0 radical (unpaired) electrons. The molecule has 1 fully saturated rings. The molecule has 0 saturated heterocycles. The van der Waals surface area contributed by atoms with Crippen molar-refractivity contribution in [1.82, 2.24) is 0 Å². The quantitative estimate of drug-likeness (QED) is 0.778. The van der Waals surface area contributed by atoms with E-state index in [-0.39, 0.29) is 17.5 Å². The fourth-order valence-corrected chi connectivity index (χ4v) is 3.71. The molecule has 1 aromatic carbocycles. The van der Waals surface area contributed by atoms with Gasteiger partial charge in [-0.15, -0.1) is 11.3 Å². The first kappa shape index (κ1) is 18.5. The van der Waals surface area contributed by atoms with Crippen molar-refractivity contribution in [2.45, 2.75) is 23.5 Å². The van der Waals surface area contributed by atoms with E-state index in [4.69, 9.17) is 0 Å².